The zero-order chi connectivity index (χ0) is 22.8. The molecule has 6 N–H and O–H groups in total. The van der Waals surface area contributed by atoms with Crippen LogP contribution in [0.2, 0.25) is 0 Å². The van der Waals surface area contributed by atoms with Gasteiger partial charge in [0.25, 0.3) is 0 Å². The SMILES string of the molecule is CC(C)(C)N(C(=O)O)c1ccc(F)cc1Nc1ncc(N)c(NC2CCC(O)CC2)n1. The van der Waals surface area contributed by atoms with Crippen LogP contribution in [0.15, 0.2) is 24.4 Å². The van der Waals surface area contributed by atoms with Crippen molar-refractivity contribution in [2.24, 2.45) is 0 Å². The van der Waals surface area contributed by atoms with E-state index in [1.807, 2.05) is 0 Å². The van der Waals surface area contributed by atoms with Gasteiger partial charge in [-0.2, -0.15) is 4.98 Å². The summed E-state index contributed by atoms with van der Waals surface area (Å²) in [6, 6.07) is 3.94. The van der Waals surface area contributed by atoms with E-state index in [2.05, 4.69) is 20.6 Å². The van der Waals surface area contributed by atoms with Gasteiger partial charge in [-0.1, -0.05) is 0 Å². The molecule has 1 heterocycles. The van der Waals surface area contributed by atoms with Gasteiger partial charge >= 0.3 is 6.09 Å². The van der Waals surface area contributed by atoms with Crippen LogP contribution in [0.1, 0.15) is 46.5 Å². The number of nitrogens with two attached hydrogens (primary N) is 1. The van der Waals surface area contributed by atoms with Crippen molar-refractivity contribution in [3.05, 3.63) is 30.2 Å². The number of hydrogen-bond donors (Lipinski definition) is 5. The number of carboxylic acid groups (broad SMARTS) is 1. The van der Waals surface area contributed by atoms with Crippen LogP contribution in [-0.4, -0.2) is 44.0 Å². The Bertz CT molecular complexity index is 941. The number of nitrogens with zero attached hydrogens (tertiary/aromatic N) is 3. The normalized spacial score (nSPS) is 19.0. The first-order chi connectivity index (χ1) is 14.5. The number of hydrogen-bond acceptors (Lipinski definition) is 7. The molecule has 0 saturated heterocycles. The molecule has 0 bridgehead atoms. The summed E-state index contributed by atoms with van der Waals surface area (Å²) in [6.07, 6.45) is 3.00. The zero-order valence-corrected chi connectivity index (χ0v) is 17.9. The van der Waals surface area contributed by atoms with E-state index in [1.54, 1.807) is 20.8 Å². The Morgan fingerprint density at radius 3 is 2.55 bits per heavy atom. The Balaban J connectivity index is 1.89. The van der Waals surface area contributed by atoms with Gasteiger partial charge in [-0.05, 0) is 64.7 Å². The second-order valence-electron chi connectivity index (χ2n) is 8.72. The minimum atomic E-state index is -1.16. The Morgan fingerprint density at radius 2 is 1.94 bits per heavy atom. The number of benzene rings is 1. The maximum absolute atomic E-state index is 14.0. The van der Waals surface area contributed by atoms with Gasteiger partial charge in [0.1, 0.15) is 5.82 Å². The predicted octanol–water partition coefficient (Wildman–Crippen LogP) is 3.94. The number of anilines is 5. The van der Waals surface area contributed by atoms with Crippen LogP contribution in [0, 0.1) is 5.82 Å². The van der Waals surface area contributed by atoms with Crippen molar-refractivity contribution in [3.8, 4) is 0 Å². The van der Waals surface area contributed by atoms with E-state index >= 15 is 0 Å². The van der Waals surface area contributed by atoms with Gasteiger partial charge < -0.3 is 26.6 Å². The molecule has 1 saturated carbocycles. The van der Waals surface area contributed by atoms with Gasteiger partial charge in [-0.3, -0.25) is 4.90 Å². The second-order valence-corrected chi connectivity index (χ2v) is 8.72. The molecule has 2 aromatic rings. The average molecular weight is 433 g/mol. The third-order valence-electron chi connectivity index (χ3n) is 5.16. The molecule has 1 fully saturated rings. The Morgan fingerprint density at radius 1 is 1.26 bits per heavy atom. The summed E-state index contributed by atoms with van der Waals surface area (Å²) >= 11 is 0. The van der Waals surface area contributed by atoms with Crippen molar-refractivity contribution >= 4 is 34.9 Å². The molecular formula is C21H29FN6O3. The molecule has 1 aromatic carbocycles. The number of aliphatic hydroxyl groups is 1. The highest BCUT2D eigenvalue weighted by Gasteiger charge is 2.30. The largest absolute Gasteiger partial charge is 0.465 e. The summed E-state index contributed by atoms with van der Waals surface area (Å²) < 4.78 is 14.0. The van der Waals surface area contributed by atoms with Crippen molar-refractivity contribution in [2.45, 2.75) is 64.1 Å². The number of amides is 1. The molecule has 9 nitrogen and oxygen atoms in total. The van der Waals surface area contributed by atoms with E-state index in [0.717, 1.165) is 17.7 Å². The molecule has 0 radical (unpaired) electrons. The molecule has 0 atom stereocenters. The van der Waals surface area contributed by atoms with Gasteiger partial charge in [-0.25, -0.2) is 14.2 Å². The van der Waals surface area contributed by atoms with Crippen LogP contribution in [0.5, 0.6) is 0 Å². The minimum Gasteiger partial charge on any atom is -0.465 e. The molecule has 3 rings (SSSR count). The number of aromatic nitrogens is 2. The van der Waals surface area contributed by atoms with Crippen molar-refractivity contribution in [1.29, 1.82) is 0 Å². The van der Waals surface area contributed by atoms with Crippen LogP contribution in [-0.2, 0) is 0 Å². The quantitative estimate of drug-likeness (QED) is 0.479. The Hall–Kier alpha value is -3.14. The summed E-state index contributed by atoms with van der Waals surface area (Å²) in [5.74, 6) is 0.0569. The molecule has 1 amide bonds. The molecule has 0 unspecified atom stereocenters. The van der Waals surface area contributed by atoms with Crippen LogP contribution in [0.3, 0.4) is 0 Å². The van der Waals surface area contributed by atoms with E-state index < -0.39 is 17.4 Å². The van der Waals surface area contributed by atoms with Gasteiger partial charge in [0.2, 0.25) is 5.95 Å². The Labute approximate surface area is 180 Å². The lowest BCUT2D eigenvalue weighted by molar-refractivity contribution is 0.126. The molecule has 1 aliphatic carbocycles. The van der Waals surface area contributed by atoms with Crippen molar-refractivity contribution in [1.82, 2.24) is 9.97 Å². The van der Waals surface area contributed by atoms with Crippen LogP contribution >= 0.6 is 0 Å². The lowest BCUT2D eigenvalue weighted by atomic mass is 9.93. The molecule has 168 valence electrons. The molecule has 10 heteroatoms. The summed E-state index contributed by atoms with van der Waals surface area (Å²) in [6.45, 7) is 5.24. The van der Waals surface area contributed by atoms with Crippen molar-refractivity contribution in [2.75, 3.05) is 21.3 Å². The van der Waals surface area contributed by atoms with Gasteiger partial charge in [0.15, 0.2) is 5.82 Å². The van der Waals surface area contributed by atoms with E-state index in [-0.39, 0.29) is 29.5 Å². The van der Waals surface area contributed by atoms with Gasteiger partial charge in [0.05, 0.1) is 29.4 Å². The number of nitrogens with one attached hydrogen (secondary N) is 2. The van der Waals surface area contributed by atoms with Crippen molar-refractivity contribution in [3.63, 3.8) is 0 Å². The number of nitrogen functional groups attached to an aromatic ring is 1. The maximum atomic E-state index is 14.0. The Kier molecular flexibility index (Phi) is 6.49. The van der Waals surface area contributed by atoms with Gasteiger partial charge in [-0.15, -0.1) is 0 Å². The molecule has 0 spiro atoms. The summed E-state index contributed by atoms with van der Waals surface area (Å²) in [7, 11) is 0. The summed E-state index contributed by atoms with van der Waals surface area (Å²) in [5, 5.41) is 25.6. The smallest absolute Gasteiger partial charge is 0.412 e. The number of halogens is 1. The fraction of sp³-hybridized carbons (Fsp3) is 0.476. The van der Waals surface area contributed by atoms with Crippen LogP contribution in [0.4, 0.5) is 38.0 Å². The minimum absolute atomic E-state index is 0.126. The van der Waals surface area contributed by atoms with E-state index in [9.17, 15) is 19.4 Å². The maximum Gasteiger partial charge on any atom is 0.412 e. The lowest BCUT2D eigenvalue weighted by Gasteiger charge is -2.34. The molecule has 1 aromatic heterocycles. The van der Waals surface area contributed by atoms with E-state index in [1.165, 1.54) is 24.4 Å². The first-order valence-electron chi connectivity index (χ1n) is 10.2. The van der Waals surface area contributed by atoms with Crippen LogP contribution in [0.25, 0.3) is 0 Å². The van der Waals surface area contributed by atoms with Crippen molar-refractivity contribution < 1.29 is 19.4 Å². The topological polar surface area (TPSA) is 137 Å². The van der Waals surface area contributed by atoms with E-state index in [0.29, 0.717) is 24.3 Å². The first kappa shape index (κ1) is 22.5. The number of rotatable bonds is 5. The molecule has 0 aliphatic heterocycles. The van der Waals surface area contributed by atoms with Crippen LogP contribution < -0.4 is 21.3 Å². The standard InChI is InChI=1S/C21H29FN6O3/c1-21(2,3)28(20(30)31)17-9-4-12(22)10-16(17)26-19-24-11-15(23)18(27-19)25-13-5-7-14(29)8-6-13/h4,9-11,13-14,29H,5-8,23H2,1-3H3,(H,30,31)(H2,24,25,26,27). The summed E-state index contributed by atoms with van der Waals surface area (Å²) in [4.78, 5) is 21.6. The summed E-state index contributed by atoms with van der Waals surface area (Å²) in [5.41, 5.74) is 6.10. The monoisotopic (exact) mass is 432 g/mol. The molecule has 31 heavy (non-hydrogen) atoms. The lowest BCUT2D eigenvalue weighted by Crippen LogP contribution is -2.45. The number of carbonyl (C=O) groups is 1. The molecule has 1 aliphatic rings. The third-order valence-corrected chi connectivity index (χ3v) is 5.16. The fourth-order valence-electron chi connectivity index (χ4n) is 3.66. The average Bonchev–Trinajstić information content (AvgIpc) is 2.67. The van der Waals surface area contributed by atoms with Gasteiger partial charge in [0, 0.05) is 11.6 Å². The zero-order valence-electron chi connectivity index (χ0n) is 17.9. The molecular weight excluding hydrogens is 403 g/mol. The second kappa shape index (κ2) is 8.93. The highest BCUT2D eigenvalue weighted by molar-refractivity contribution is 5.93. The fourth-order valence-corrected chi connectivity index (χ4v) is 3.66. The highest BCUT2D eigenvalue weighted by atomic mass is 19.1. The van der Waals surface area contributed by atoms with E-state index in [4.69, 9.17) is 5.73 Å². The third kappa shape index (κ3) is 5.52. The predicted molar refractivity (Wildman–Crippen MR) is 118 cm³/mol. The highest BCUT2D eigenvalue weighted by Crippen LogP contribution is 2.34. The number of aliphatic hydroxyl groups excluding tert-OH is 1. The first-order valence-corrected chi connectivity index (χ1v) is 10.2.